The van der Waals surface area contributed by atoms with Crippen LogP contribution in [0.3, 0.4) is 0 Å². The van der Waals surface area contributed by atoms with Gasteiger partial charge in [0.1, 0.15) is 0 Å². The average molecular weight is 349 g/mol. The van der Waals surface area contributed by atoms with E-state index in [4.69, 9.17) is 5.11 Å². The minimum Gasteiger partial charge on any atom is -0.481 e. The molecule has 7 heteroatoms. The number of thiophene rings is 1. The molecule has 1 atom stereocenters. The summed E-state index contributed by atoms with van der Waals surface area (Å²) in [7, 11) is 1.72. The van der Waals surface area contributed by atoms with E-state index < -0.39 is 5.97 Å². The predicted molar refractivity (Wildman–Crippen MR) is 78.3 cm³/mol. The molecule has 1 rings (SSSR count). The maximum Gasteiger partial charge on any atom is 0.317 e. The number of amides is 2. The highest BCUT2D eigenvalue weighted by Gasteiger charge is 2.13. The summed E-state index contributed by atoms with van der Waals surface area (Å²) in [5.41, 5.74) is 0. The second kappa shape index (κ2) is 7.49. The molecule has 0 saturated carbocycles. The molecule has 19 heavy (non-hydrogen) atoms. The summed E-state index contributed by atoms with van der Waals surface area (Å²) in [6.07, 6.45) is 0.489. The standard InChI is InChI=1S/C12H17BrN2O3S/c1-8(3-4-11(16)17)14-12(18)15(2)6-10-5-9(13)7-19-10/h5,7-8H,3-4,6H2,1-2H3,(H,14,18)(H,16,17). The molecule has 1 aromatic heterocycles. The first kappa shape index (κ1) is 16.0. The quantitative estimate of drug-likeness (QED) is 0.830. The Labute approximate surface area is 124 Å². The molecule has 1 unspecified atom stereocenters. The van der Waals surface area contributed by atoms with Crippen LogP contribution in [0.25, 0.3) is 0 Å². The third-order valence-electron chi connectivity index (χ3n) is 2.52. The van der Waals surface area contributed by atoms with Gasteiger partial charge in [-0.1, -0.05) is 0 Å². The van der Waals surface area contributed by atoms with Crippen LogP contribution in [0, 0.1) is 0 Å². The summed E-state index contributed by atoms with van der Waals surface area (Å²) >= 11 is 4.95. The molecule has 0 aliphatic carbocycles. The van der Waals surface area contributed by atoms with Gasteiger partial charge in [-0.05, 0) is 35.3 Å². The molecule has 0 aromatic carbocycles. The van der Waals surface area contributed by atoms with Crippen molar-refractivity contribution in [2.75, 3.05) is 7.05 Å². The van der Waals surface area contributed by atoms with E-state index in [9.17, 15) is 9.59 Å². The molecular weight excluding hydrogens is 332 g/mol. The van der Waals surface area contributed by atoms with Crippen LogP contribution in [-0.2, 0) is 11.3 Å². The number of aliphatic carboxylic acids is 1. The second-order valence-electron chi connectivity index (χ2n) is 4.37. The molecule has 2 N–H and O–H groups in total. The first-order valence-corrected chi connectivity index (χ1v) is 7.52. The molecule has 0 fully saturated rings. The number of rotatable bonds is 6. The normalized spacial score (nSPS) is 11.9. The van der Waals surface area contributed by atoms with Crippen molar-refractivity contribution in [3.63, 3.8) is 0 Å². The van der Waals surface area contributed by atoms with Gasteiger partial charge in [0.05, 0.1) is 6.54 Å². The number of hydrogen-bond donors (Lipinski definition) is 2. The first-order valence-electron chi connectivity index (χ1n) is 5.85. The fourth-order valence-corrected chi connectivity index (χ4v) is 2.98. The number of carboxylic acid groups (broad SMARTS) is 1. The predicted octanol–water partition coefficient (Wildman–Crippen LogP) is 2.91. The zero-order valence-corrected chi connectivity index (χ0v) is 13.3. The number of urea groups is 1. The molecule has 0 spiro atoms. The van der Waals surface area contributed by atoms with E-state index in [0.29, 0.717) is 13.0 Å². The zero-order valence-electron chi connectivity index (χ0n) is 10.9. The molecule has 0 saturated heterocycles. The summed E-state index contributed by atoms with van der Waals surface area (Å²) in [5, 5.41) is 13.3. The van der Waals surface area contributed by atoms with E-state index in [0.717, 1.165) is 9.35 Å². The van der Waals surface area contributed by atoms with Crippen LogP contribution in [0.2, 0.25) is 0 Å². The molecule has 1 aromatic rings. The van der Waals surface area contributed by atoms with Crippen molar-refractivity contribution in [1.29, 1.82) is 0 Å². The lowest BCUT2D eigenvalue weighted by molar-refractivity contribution is -0.137. The first-order chi connectivity index (χ1) is 8.88. The highest BCUT2D eigenvalue weighted by atomic mass is 79.9. The Morgan fingerprint density at radius 2 is 2.26 bits per heavy atom. The van der Waals surface area contributed by atoms with Gasteiger partial charge in [0.2, 0.25) is 0 Å². The van der Waals surface area contributed by atoms with Crippen molar-refractivity contribution in [3.8, 4) is 0 Å². The van der Waals surface area contributed by atoms with Gasteiger partial charge in [-0.15, -0.1) is 11.3 Å². The van der Waals surface area contributed by atoms with Gasteiger partial charge in [-0.3, -0.25) is 4.79 Å². The van der Waals surface area contributed by atoms with Crippen molar-refractivity contribution >= 4 is 39.3 Å². The molecular formula is C12H17BrN2O3S. The topological polar surface area (TPSA) is 69.6 Å². The van der Waals surface area contributed by atoms with E-state index in [1.54, 1.807) is 30.2 Å². The van der Waals surface area contributed by atoms with Crippen molar-refractivity contribution in [2.24, 2.45) is 0 Å². The zero-order chi connectivity index (χ0) is 14.4. The van der Waals surface area contributed by atoms with E-state index in [1.165, 1.54) is 0 Å². The van der Waals surface area contributed by atoms with Crippen LogP contribution >= 0.6 is 27.3 Å². The number of carbonyl (C=O) groups excluding carboxylic acids is 1. The van der Waals surface area contributed by atoms with Crippen LogP contribution in [0.15, 0.2) is 15.9 Å². The number of halogens is 1. The summed E-state index contributed by atoms with van der Waals surface area (Å²) in [6.45, 7) is 2.34. The highest BCUT2D eigenvalue weighted by Crippen LogP contribution is 2.20. The molecule has 0 bridgehead atoms. The number of carbonyl (C=O) groups is 2. The van der Waals surface area contributed by atoms with E-state index in [1.807, 2.05) is 11.4 Å². The monoisotopic (exact) mass is 348 g/mol. The lowest BCUT2D eigenvalue weighted by atomic mass is 10.2. The molecule has 5 nitrogen and oxygen atoms in total. The fourth-order valence-electron chi connectivity index (χ4n) is 1.48. The molecule has 106 valence electrons. The van der Waals surface area contributed by atoms with Crippen molar-refractivity contribution in [2.45, 2.75) is 32.4 Å². The molecule has 0 aliphatic heterocycles. The summed E-state index contributed by atoms with van der Waals surface area (Å²) < 4.78 is 1.01. The van der Waals surface area contributed by atoms with Crippen LogP contribution < -0.4 is 5.32 Å². The highest BCUT2D eigenvalue weighted by molar-refractivity contribution is 9.10. The summed E-state index contributed by atoms with van der Waals surface area (Å²) in [5.74, 6) is -0.849. The lowest BCUT2D eigenvalue weighted by Crippen LogP contribution is -2.41. The van der Waals surface area contributed by atoms with Crippen molar-refractivity contribution < 1.29 is 14.7 Å². The summed E-state index contributed by atoms with van der Waals surface area (Å²) in [4.78, 5) is 25.0. The van der Waals surface area contributed by atoms with Gasteiger partial charge in [0.25, 0.3) is 0 Å². The van der Waals surface area contributed by atoms with Crippen molar-refractivity contribution in [3.05, 3.63) is 20.8 Å². The maximum absolute atomic E-state index is 11.9. The Morgan fingerprint density at radius 3 is 2.79 bits per heavy atom. The molecule has 0 aliphatic rings. The van der Waals surface area contributed by atoms with Gasteiger partial charge in [0.15, 0.2) is 0 Å². The second-order valence-corrected chi connectivity index (χ2v) is 6.28. The Bertz CT molecular complexity index is 450. The average Bonchev–Trinajstić information content (AvgIpc) is 2.72. The van der Waals surface area contributed by atoms with E-state index in [-0.39, 0.29) is 18.5 Å². The van der Waals surface area contributed by atoms with E-state index in [2.05, 4.69) is 21.2 Å². The van der Waals surface area contributed by atoms with Gasteiger partial charge in [-0.25, -0.2) is 4.79 Å². The Kier molecular flexibility index (Phi) is 6.30. The fraction of sp³-hybridized carbons (Fsp3) is 0.500. The Hall–Kier alpha value is -1.08. The van der Waals surface area contributed by atoms with Crippen LogP contribution in [0.1, 0.15) is 24.6 Å². The Balaban J connectivity index is 2.37. The molecule has 0 radical (unpaired) electrons. The lowest BCUT2D eigenvalue weighted by Gasteiger charge is -2.20. The number of carboxylic acids is 1. The van der Waals surface area contributed by atoms with Gasteiger partial charge in [-0.2, -0.15) is 0 Å². The van der Waals surface area contributed by atoms with Gasteiger partial charge >= 0.3 is 12.0 Å². The summed E-state index contributed by atoms with van der Waals surface area (Å²) in [6, 6.07) is 1.63. The van der Waals surface area contributed by atoms with Gasteiger partial charge in [0, 0.05) is 34.2 Å². The van der Waals surface area contributed by atoms with Crippen LogP contribution in [0.5, 0.6) is 0 Å². The third-order valence-corrected chi connectivity index (χ3v) is 4.20. The minimum absolute atomic E-state index is 0.0586. The minimum atomic E-state index is -0.849. The maximum atomic E-state index is 11.9. The number of hydrogen-bond acceptors (Lipinski definition) is 3. The SMILES string of the molecule is CC(CCC(=O)O)NC(=O)N(C)Cc1cc(Br)cs1. The molecule has 2 amide bonds. The van der Waals surface area contributed by atoms with Crippen LogP contribution in [-0.4, -0.2) is 35.1 Å². The third kappa shape index (κ3) is 6.07. The smallest absolute Gasteiger partial charge is 0.317 e. The van der Waals surface area contributed by atoms with Crippen LogP contribution in [0.4, 0.5) is 4.79 Å². The largest absolute Gasteiger partial charge is 0.481 e. The molecule has 1 heterocycles. The van der Waals surface area contributed by atoms with E-state index >= 15 is 0 Å². The number of nitrogens with zero attached hydrogens (tertiary/aromatic N) is 1. The number of nitrogens with one attached hydrogen (secondary N) is 1. The Morgan fingerprint density at radius 1 is 1.58 bits per heavy atom. The van der Waals surface area contributed by atoms with Gasteiger partial charge < -0.3 is 15.3 Å². The van der Waals surface area contributed by atoms with Crippen molar-refractivity contribution in [1.82, 2.24) is 10.2 Å².